The van der Waals surface area contributed by atoms with Crippen LogP contribution in [0.15, 0.2) is 36.4 Å². The van der Waals surface area contributed by atoms with E-state index in [1.54, 1.807) is 14.2 Å². The molecule has 0 bridgehead atoms. The molecule has 2 aromatic rings. The number of methoxy groups -OCH3 is 2. The van der Waals surface area contributed by atoms with Crippen molar-refractivity contribution in [1.82, 2.24) is 5.32 Å². The zero-order valence-electron chi connectivity index (χ0n) is 17.1. The summed E-state index contributed by atoms with van der Waals surface area (Å²) in [5, 5.41) is 5.99. The van der Waals surface area contributed by atoms with Crippen molar-refractivity contribution in [2.45, 2.75) is 39.5 Å². The molecule has 27 heavy (non-hydrogen) atoms. The average Bonchev–Trinajstić information content (AvgIpc) is 2.67. The summed E-state index contributed by atoms with van der Waals surface area (Å²) in [6, 6.07) is 11.7. The van der Waals surface area contributed by atoms with Gasteiger partial charge in [0.15, 0.2) is 11.5 Å². The van der Waals surface area contributed by atoms with Crippen LogP contribution in [0.2, 0.25) is 0 Å². The molecule has 0 unspecified atom stereocenters. The lowest BCUT2D eigenvalue weighted by Crippen LogP contribution is -2.39. The lowest BCUT2D eigenvalue weighted by molar-refractivity contribution is 0.249. The molecular weight excluding hydrogens is 340 g/mol. The van der Waals surface area contributed by atoms with Crippen LogP contribution >= 0.6 is 0 Å². The summed E-state index contributed by atoms with van der Waals surface area (Å²) >= 11 is 0. The number of amides is 2. The Morgan fingerprint density at radius 2 is 1.78 bits per heavy atom. The minimum absolute atomic E-state index is 0.201. The highest BCUT2D eigenvalue weighted by Crippen LogP contribution is 2.33. The average molecular weight is 370 g/mol. The SMILES string of the molecule is CCc1cccc(C)c1NC(=O)NCC(C)(C)c1ccc(OC)c(OC)c1. The van der Waals surface area contributed by atoms with Crippen molar-refractivity contribution in [3.05, 3.63) is 53.1 Å². The molecule has 2 aromatic carbocycles. The first-order valence-corrected chi connectivity index (χ1v) is 9.18. The summed E-state index contributed by atoms with van der Waals surface area (Å²) in [4.78, 5) is 12.5. The fraction of sp³-hybridized carbons (Fsp3) is 0.409. The van der Waals surface area contributed by atoms with Crippen LogP contribution < -0.4 is 20.1 Å². The predicted octanol–water partition coefficient (Wildman–Crippen LogP) is 4.67. The number of carbonyl (C=O) groups is 1. The van der Waals surface area contributed by atoms with Gasteiger partial charge in [0, 0.05) is 17.6 Å². The summed E-state index contributed by atoms with van der Waals surface area (Å²) in [5.41, 5.74) is 3.87. The third-order valence-electron chi connectivity index (χ3n) is 4.83. The Morgan fingerprint density at radius 1 is 1.07 bits per heavy atom. The quantitative estimate of drug-likeness (QED) is 0.744. The van der Waals surface area contributed by atoms with Crippen molar-refractivity contribution in [3.8, 4) is 11.5 Å². The second-order valence-corrected chi connectivity index (χ2v) is 7.22. The largest absolute Gasteiger partial charge is 0.493 e. The van der Waals surface area contributed by atoms with Gasteiger partial charge in [-0.05, 0) is 42.2 Å². The number of aryl methyl sites for hydroxylation is 2. The molecule has 146 valence electrons. The minimum atomic E-state index is -0.268. The number of ether oxygens (including phenoxy) is 2. The molecule has 5 heteroatoms. The summed E-state index contributed by atoms with van der Waals surface area (Å²) in [6.45, 7) is 8.74. The van der Waals surface area contributed by atoms with E-state index in [4.69, 9.17) is 9.47 Å². The Morgan fingerprint density at radius 3 is 2.41 bits per heavy atom. The molecule has 2 N–H and O–H groups in total. The van der Waals surface area contributed by atoms with Gasteiger partial charge >= 0.3 is 6.03 Å². The smallest absolute Gasteiger partial charge is 0.319 e. The van der Waals surface area contributed by atoms with Gasteiger partial charge in [0.1, 0.15) is 0 Å². The number of hydrogen-bond acceptors (Lipinski definition) is 3. The molecule has 0 radical (unpaired) electrons. The van der Waals surface area contributed by atoms with Crippen LogP contribution in [-0.4, -0.2) is 26.8 Å². The summed E-state index contributed by atoms with van der Waals surface area (Å²) in [7, 11) is 3.23. The van der Waals surface area contributed by atoms with E-state index in [0.717, 1.165) is 28.8 Å². The Bertz CT molecular complexity index is 800. The van der Waals surface area contributed by atoms with Gasteiger partial charge < -0.3 is 20.1 Å². The highest BCUT2D eigenvalue weighted by molar-refractivity contribution is 5.91. The van der Waals surface area contributed by atoms with Gasteiger partial charge in [-0.3, -0.25) is 0 Å². The Hall–Kier alpha value is -2.69. The molecule has 2 amide bonds. The fourth-order valence-electron chi connectivity index (χ4n) is 3.02. The predicted molar refractivity (Wildman–Crippen MR) is 110 cm³/mol. The molecule has 0 fully saturated rings. The van der Waals surface area contributed by atoms with Crippen LogP contribution in [0.25, 0.3) is 0 Å². The van der Waals surface area contributed by atoms with Gasteiger partial charge in [0.2, 0.25) is 0 Å². The molecule has 0 aliphatic heterocycles. The van der Waals surface area contributed by atoms with E-state index in [1.807, 2.05) is 43.3 Å². The topological polar surface area (TPSA) is 59.6 Å². The number of carbonyl (C=O) groups excluding carboxylic acids is 1. The molecule has 0 aromatic heterocycles. The lowest BCUT2D eigenvalue weighted by atomic mass is 9.84. The number of rotatable bonds is 7. The number of hydrogen-bond donors (Lipinski definition) is 2. The number of nitrogens with one attached hydrogen (secondary N) is 2. The van der Waals surface area contributed by atoms with Crippen LogP contribution in [0.3, 0.4) is 0 Å². The number of urea groups is 1. The highest BCUT2D eigenvalue weighted by Gasteiger charge is 2.23. The van der Waals surface area contributed by atoms with Crippen LogP contribution in [0, 0.1) is 6.92 Å². The Labute approximate surface area is 162 Å². The first-order valence-electron chi connectivity index (χ1n) is 9.18. The monoisotopic (exact) mass is 370 g/mol. The Kier molecular flexibility index (Phi) is 6.72. The molecule has 0 spiro atoms. The van der Waals surface area contributed by atoms with Crippen LogP contribution in [-0.2, 0) is 11.8 Å². The number of para-hydroxylation sites is 1. The molecule has 0 saturated carbocycles. The first kappa shape index (κ1) is 20.6. The zero-order chi connectivity index (χ0) is 20.0. The van der Waals surface area contributed by atoms with Crippen molar-refractivity contribution in [3.63, 3.8) is 0 Å². The van der Waals surface area contributed by atoms with Crippen molar-refractivity contribution < 1.29 is 14.3 Å². The summed E-state index contributed by atoms with van der Waals surface area (Å²) in [6.07, 6.45) is 0.869. The summed E-state index contributed by atoms with van der Waals surface area (Å²) < 4.78 is 10.7. The van der Waals surface area contributed by atoms with Crippen molar-refractivity contribution in [2.24, 2.45) is 0 Å². The van der Waals surface area contributed by atoms with Gasteiger partial charge in [-0.15, -0.1) is 0 Å². The second kappa shape index (κ2) is 8.80. The van der Waals surface area contributed by atoms with E-state index >= 15 is 0 Å². The maximum Gasteiger partial charge on any atom is 0.319 e. The first-order chi connectivity index (χ1) is 12.8. The van der Waals surface area contributed by atoms with E-state index in [2.05, 4.69) is 31.4 Å². The number of benzene rings is 2. The lowest BCUT2D eigenvalue weighted by Gasteiger charge is -2.27. The minimum Gasteiger partial charge on any atom is -0.493 e. The molecular formula is C22H30N2O3. The highest BCUT2D eigenvalue weighted by atomic mass is 16.5. The second-order valence-electron chi connectivity index (χ2n) is 7.22. The molecule has 0 aliphatic rings. The van der Waals surface area contributed by atoms with Gasteiger partial charge in [-0.1, -0.05) is 45.0 Å². The van der Waals surface area contributed by atoms with E-state index in [1.165, 1.54) is 0 Å². The maximum absolute atomic E-state index is 12.5. The van der Waals surface area contributed by atoms with Crippen molar-refractivity contribution in [1.29, 1.82) is 0 Å². The molecule has 0 saturated heterocycles. The summed E-state index contributed by atoms with van der Waals surface area (Å²) in [5.74, 6) is 1.37. The fourth-order valence-corrected chi connectivity index (χ4v) is 3.02. The van der Waals surface area contributed by atoms with Gasteiger partial charge in [0.05, 0.1) is 14.2 Å². The number of anilines is 1. The molecule has 5 nitrogen and oxygen atoms in total. The maximum atomic E-state index is 12.5. The molecule has 2 rings (SSSR count). The zero-order valence-corrected chi connectivity index (χ0v) is 17.1. The standard InChI is InChI=1S/C22H30N2O3/c1-7-16-10-8-9-15(2)20(16)24-21(25)23-14-22(3,4)17-11-12-18(26-5)19(13-17)27-6/h8-13H,7,14H2,1-6H3,(H2,23,24,25). The van der Waals surface area contributed by atoms with Gasteiger partial charge in [-0.25, -0.2) is 4.79 Å². The third kappa shape index (κ3) is 4.94. The van der Waals surface area contributed by atoms with Crippen LogP contribution in [0.4, 0.5) is 10.5 Å². The van der Waals surface area contributed by atoms with Crippen LogP contribution in [0.5, 0.6) is 11.5 Å². The van der Waals surface area contributed by atoms with Gasteiger partial charge in [0.25, 0.3) is 0 Å². The van der Waals surface area contributed by atoms with E-state index in [0.29, 0.717) is 18.0 Å². The molecule has 0 heterocycles. The molecule has 0 aliphatic carbocycles. The van der Waals surface area contributed by atoms with Crippen molar-refractivity contribution >= 4 is 11.7 Å². The van der Waals surface area contributed by atoms with E-state index < -0.39 is 0 Å². The molecule has 0 atom stereocenters. The van der Waals surface area contributed by atoms with E-state index in [-0.39, 0.29) is 11.4 Å². The van der Waals surface area contributed by atoms with Crippen molar-refractivity contribution in [2.75, 3.05) is 26.1 Å². The third-order valence-corrected chi connectivity index (χ3v) is 4.83. The normalized spacial score (nSPS) is 11.0. The van der Waals surface area contributed by atoms with Crippen LogP contribution in [0.1, 0.15) is 37.5 Å². The Balaban J connectivity index is 2.08. The van der Waals surface area contributed by atoms with Gasteiger partial charge in [-0.2, -0.15) is 0 Å². The van der Waals surface area contributed by atoms with E-state index in [9.17, 15) is 4.79 Å².